The van der Waals surface area contributed by atoms with Crippen molar-refractivity contribution < 1.29 is 47.9 Å². The lowest BCUT2D eigenvalue weighted by Gasteiger charge is -2.47. The molecule has 4 fully saturated rings. The number of methoxy groups -OCH3 is 1. The van der Waals surface area contributed by atoms with Gasteiger partial charge in [0.15, 0.2) is 17.7 Å². The van der Waals surface area contributed by atoms with Crippen molar-refractivity contribution in [2.24, 2.45) is 17.8 Å². The van der Waals surface area contributed by atoms with Crippen molar-refractivity contribution in [3.8, 4) is 0 Å². The quantitative estimate of drug-likeness (QED) is 0.248. The molecule has 5 unspecified atom stereocenters. The second-order valence-corrected chi connectivity index (χ2v) is 15.4. The van der Waals surface area contributed by atoms with Crippen molar-refractivity contribution in [2.75, 3.05) is 60.6 Å². The number of esters is 1. The number of rotatable bonds is 8. The lowest BCUT2D eigenvalue weighted by atomic mass is 9.78. The number of nitrogens with zero attached hydrogens (tertiary/aromatic N) is 2. The zero-order valence-electron chi connectivity index (χ0n) is 31.9. The number of ketones is 1. The minimum absolute atomic E-state index is 0.0213. The number of hydrogen-bond donors (Lipinski definition) is 3. The Kier molecular flexibility index (Phi) is 14.1. The molecule has 0 aromatic carbocycles. The second kappa shape index (κ2) is 17.3. The van der Waals surface area contributed by atoms with E-state index < -0.39 is 65.7 Å². The molecule has 4 heterocycles. The third-order valence-electron chi connectivity index (χ3n) is 11.6. The molecule has 1 amide bonds. The summed E-state index contributed by atoms with van der Waals surface area (Å²) in [5, 5.41) is 18.2. The molecule has 4 aliphatic heterocycles. The van der Waals surface area contributed by atoms with Crippen molar-refractivity contribution >= 4 is 17.8 Å². The van der Waals surface area contributed by atoms with E-state index in [1.807, 2.05) is 46.7 Å². The zero-order chi connectivity index (χ0) is 37.0. The van der Waals surface area contributed by atoms with Gasteiger partial charge in [-0.15, -0.1) is 0 Å². The summed E-state index contributed by atoms with van der Waals surface area (Å²) in [6.45, 7) is 17.2. The molecule has 4 rings (SSSR count). The predicted molar refractivity (Wildman–Crippen MR) is 185 cm³/mol. The van der Waals surface area contributed by atoms with Crippen LogP contribution in [0.2, 0.25) is 0 Å². The number of aliphatic hydroxyl groups is 1. The Bertz CT molecular complexity index is 1160. The molecule has 0 aromatic rings. The molecule has 13 atom stereocenters. The molecule has 14 heteroatoms. The molecule has 0 radical (unpaired) electrons. The Morgan fingerprint density at radius 3 is 2.36 bits per heavy atom. The fourth-order valence-corrected chi connectivity index (χ4v) is 8.53. The summed E-state index contributed by atoms with van der Waals surface area (Å²) >= 11 is 0. The van der Waals surface area contributed by atoms with E-state index >= 15 is 0 Å². The number of carbonyl (C=O) groups excluding carboxylic acids is 3. The van der Waals surface area contributed by atoms with E-state index in [-0.39, 0.29) is 29.9 Å². The molecule has 0 saturated carbocycles. The Morgan fingerprint density at radius 1 is 1.08 bits per heavy atom. The van der Waals surface area contributed by atoms with Crippen LogP contribution in [-0.4, -0.2) is 153 Å². The molecule has 50 heavy (non-hydrogen) atoms. The standard InChI is InChI=1S/C36H64N4O10/c1-11-27-36(12-2)30(38-34(44)50-36)24(6)37-19-21(3)18-35(7,45-10)31(22(4)28(41)23(5)32(43)48-27)49-33-29(42)26(39(8)9)17-25(47-33)20-40-13-15-46-16-14-40/h21-27,29-31,33,37,42H,11-20H2,1-10H3,(H,38,44)/t21-,22+,23?,24-,25?,26?,27-,29?,30-,31-,33?,35-,36-/m1/s1. The number of alkyl carbamates (subject to hydrolysis) is 1. The molecule has 4 aliphatic rings. The highest BCUT2D eigenvalue weighted by Gasteiger charge is 2.57. The van der Waals surface area contributed by atoms with Gasteiger partial charge >= 0.3 is 12.1 Å². The maximum absolute atomic E-state index is 14.3. The first kappa shape index (κ1) is 40.9. The third kappa shape index (κ3) is 8.82. The van der Waals surface area contributed by atoms with Crippen LogP contribution in [0.25, 0.3) is 0 Å². The highest BCUT2D eigenvalue weighted by molar-refractivity contribution is 6.00. The van der Waals surface area contributed by atoms with E-state index in [1.54, 1.807) is 21.0 Å². The van der Waals surface area contributed by atoms with Crippen molar-refractivity contribution in [1.29, 1.82) is 0 Å². The maximum Gasteiger partial charge on any atom is 0.408 e. The summed E-state index contributed by atoms with van der Waals surface area (Å²) < 4.78 is 37.1. The van der Waals surface area contributed by atoms with Crippen LogP contribution in [0.15, 0.2) is 0 Å². The number of morpholine rings is 1. The van der Waals surface area contributed by atoms with Gasteiger partial charge in [0.05, 0.1) is 37.1 Å². The van der Waals surface area contributed by atoms with Crippen molar-refractivity contribution in [1.82, 2.24) is 20.4 Å². The summed E-state index contributed by atoms with van der Waals surface area (Å²) in [6, 6.07) is -0.970. The number of cyclic esters (lactones) is 1. The van der Waals surface area contributed by atoms with Crippen LogP contribution in [0.3, 0.4) is 0 Å². The number of likely N-dealkylation sites (N-methyl/N-ethyl adjacent to an activating group) is 1. The van der Waals surface area contributed by atoms with E-state index in [2.05, 4.69) is 22.5 Å². The number of hydrogen-bond acceptors (Lipinski definition) is 13. The van der Waals surface area contributed by atoms with Gasteiger partial charge in [0.25, 0.3) is 0 Å². The number of fused-ring (bicyclic) bond motifs is 1. The van der Waals surface area contributed by atoms with E-state index in [1.165, 1.54) is 0 Å². The molecule has 0 aromatic heterocycles. The SMILES string of the molecule is CC[C@H]1OC(=O)C(C)C(=O)[C@H](C)[C@@H](OC2OC(CN3CCOCC3)CC(N(C)C)C2O)[C@](C)(OC)C[C@@H](C)CN[C@H](C)[C@H]2NC(=O)O[C@@]21CC. The smallest absolute Gasteiger partial charge is 0.408 e. The summed E-state index contributed by atoms with van der Waals surface area (Å²) in [6.07, 6.45) is -2.64. The average Bonchev–Trinajstić information content (AvgIpc) is 3.45. The number of nitrogens with one attached hydrogen (secondary N) is 2. The summed E-state index contributed by atoms with van der Waals surface area (Å²) in [4.78, 5) is 45.1. The van der Waals surface area contributed by atoms with Crippen LogP contribution in [-0.2, 0) is 38.0 Å². The van der Waals surface area contributed by atoms with Crippen LogP contribution in [0.4, 0.5) is 4.79 Å². The predicted octanol–water partition coefficient (Wildman–Crippen LogP) is 1.95. The monoisotopic (exact) mass is 712 g/mol. The average molecular weight is 713 g/mol. The van der Waals surface area contributed by atoms with Crippen molar-refractivity contribution in [3.63, 3.8) is 0 Å². The minimum atomic E-state index is -1.15. The van der Waals surface area contributed by atoms with Crippen molar-refractivity contribution in [2.45, 2.75) is 134 Å². The molecule has 14 nitrogen and oxygen atoms in total. The first-order valence-corrected chi connectivity index (χ1v) is 18.6. The fraction of sp³-hybridized carbons (Fsp3) is 0.917. The van der Waals surface area contributed by atoms with Crippen LogP contribution in [0.5, 0.6) is 0 Å². The molecule has 0 bridgehead atoms. The van der Waals surface area contributed by atoms with E-state index in [0.717, 1.165) is 13.1 Å². The Hall–Kier alpha value is -1.91. The Labute approximate surface area is 298 Å². The van der Waals surface area contributed by atoms with Gasteiger partial charge in [-0.05, 0) is 73.0 Å². The highest BCUT2D eigenvalue weighted by Crippen LogP contribution is 2.39. The summed E-state index contributed by atoms with van der Waals surface area (Å²) in [5.74, 6) is -3.05. The Morgan fingerprint density at radius 2 is 1.76 bits per heavy atom. The van der Waals surface area contributed by atoms with Gasteiger partial charge in [-0.1, -0.05) is 27.7 Å². The van der Waals surface area contributed by atoms with E-state index in [9.17, 15) is 19.5 Å². The van der Waals surface area contributed by atoms with Crippen LogP contribution < -0.4 is 10.6 Å². The molecule has 288 valence electrons. The van der Waals surface area contributed by atoms with Crippen LogP contribution in [0.1, 0.15) is 74.1 Å². The van der Waals surface area contributed by atoms with Gasteiger partial charge in [0, 0.05) is 44.7 Å². The molecule has 0 aliphatic carbocycles. The molecular formula is C36H64N4O10. The van der Waals surface area contributed by atoms with Gasteiger partial charge < -0.3 is 49.1 Å². The van der Waals surface area contributed by atoms with E-state index in [0.29, 0.717) is 52.0 Å². The second-order valence-electron chi connectivity index (χ2n) is 15.4. The number of amides is 1. The van der Waals surface area contributed by atoms with E-state index in [4.69, 9.17) is 28.4 Å². The fourth-order valence-electron chi connectivity index (χ4n) is 8.53. The highest BCUT2D eigenvalue weighted by atomic mass is 16.7. The van der Waals surface area contributed by atoms with Crippen LogP contribution >= 0.6 is 0 Å². The Balaban J connectivity index is 1.68. The van der Waals surface area contributed by atoms with Crippen LogP contribution in [0, 0.1) is 17.8 Å². The normalized spacial score (nSPS) is 43.0. The number of ether oxygens (including phenoxy) is 6. The van der Waals surface area contributed by atoms with Gasteiger partial charge in [-0.3, -0.25) is 14.5 Å². The summed E-state index contributed by atoms with van der Waals surface area (Å²) in [7, 11) is 5.45. The number of Topliss-reactive ketones (excluding diaryl/α,β-unsaturated/α-hetero) is 1. The molecule has 4 saturated heterocycles. The lowest BCUT2D eigenvalue weighted by molar-refractivity contribution is -0.299. The number of aliphatic hydroxyl groups excluding tert-OH is 1. The maximum atomic E-state index is 14.3. The third-order valence-corrected chi connectivity index (χ3v) is 11.6. The summed E-state index contributed by atoms with van der Waals surface area (Å²) in [5.41, 5.74) is -2.14. The lowest BCUT2D eigenvalue weighted by Crippen LogP contribution is -2.61. The molecule has 0 spiro atoms. The largest absolute Gasteiger partial charge is 0.457 e. The molecule has 3 N–H and O–H groups in total. The number of carbonyl (C=O) groups is 3. The van der Waals surface area contributed by atoms with Gasteiger partial charge in [-0.25, -0.2) is 4.79 Å². The first-order chi connectivity index (χ1) is 23.6. The topological polar surface area (TPSA) is 157 Å². The van der Waals surface area contributed by atoms with Crippen molar-refractivity contribution in [3.05, 3.63) is 0 Å². The van der Waals surface area contributed by atoms with Gasteiger partial charge in [0.1, 0.15) is 18.1 Å². The minimum Gasteiger partial charge on any atom is -0.457 e. The van der Waals surface area contributed by atoms with Gasteiger partial charge in [0.2, 0.25) is 0 Å². The zero-order valence-corrected chi connectivity index (χ0v) is 31.9. The first-order valence-electron chi connectivity index (χ1n) is 18.6. The van der Waals surface area contributed by atoms with Gasteiger partial charge in [-0.2, -0.15) is 0 Å². The molecular weight excluding hydrogens is 648 g/mol.